The quantitative estimate of drug-likeness (QED) is 0.707. The van der Waals surface area contributed by atoms with E-state index in [0.29, 0.717) is 31.1 Å². The van der Waals surface area contributed by atoms with Gasteiger partial charge in [-0.15, -0.1) is 0 Å². The molecule has 3 aromatic rings. The van der Waals surface area contributed by atoms with Crippen LogP contribution in [0.2, 0.25) is 0 Å². The van der Waals surface area contributed by atoms with Crippen LogP contribution in [-0.4, -0.2) is 49.8 Å². The molecule has 3 aromatic heterocycles. The number of amides is 1. The Kier molecular flexibility index (Phi) is 5.37. The minimum atomic E-state index is -0.331. The van der Waals surface area contributed by atoms with Gasteiger partial charge in [0.1, 0.15) is 11.9 Å². The average molecular weight is 408 g/mol. The first kappa shape index (κ1) is 19.8. The van der Waals surface area contributed by atoms with Crippen molar-refractivity contribution < 1.29 is 9.53 Å². The Labute approximate surface area is 173 Å². The molecule has 1 fully saturated rings. The summed E-state index contributed by atoms with van der Waals surface area (Å²) >= 11 is 0. The third-order valence-corrected chi connectivity index (χ3v) is 5.16. The molecule has 0 bridgehead atoms. The highest BCUT2D eigenvalue weighted by molar-refractivity contribution is 5.94. The molecular weight excluding hydrogens is 384 g/mol. The summed E-state index contributed by atoms with van der Waals surface area (Å²) in [4.78, 5) is 30.9. The molecule has 1 atom stereocenters. The summed E-state index contributed by atoms with van der Waals surface area (Å²) in [6, 6.07) is 10.6. The SMILES string of the molecule is Cc1cc(Nc2cccc([C@H]3CN(C(=O)c4ccc(=O)n(C)c4)CCO3)n2)nn1C. The van der Waals surface area contributed by atoms with Crippen molar-refractivity contribution >= 4 is 17.5 Å². The van der Waals surface area contributed by atoms with Gasteiger partial charge in [-0.1, -0.05) is 6.07 Å². The zero-order valence-electron chi connectivity index (χ0n) is 17.2. The number of nitrogens with zero attached hydrogens (tertiary/aromatic N) is 5. The number of morpholine rings is 1. The fraction of sp³-hybridized carbons (Fsp3) is 0.333. The highest BCUT2D eigenvalue weighted by Crippen LogP contribution is 2.24. The normalized spacial score (nSPS) is 16.5. The summed E-state index contributed by atoms with van der Waals surface area (Å²) < 4.78 is 9.09. The average Bonchev–Trinajstić information content (AvgIpc) is 3.06. The molecule has 0 spiro atoms. The molecule has 0 radical (unpaired) electrons. The van der Waals surface area contributed by atoms with Crippen LogP contribution in [0.15, 0.2) is 47.4 Å². The molecule has 0 saturated carbocycles. The second kappa shape index (κ2) is 8.11. The minimum absolute atomic E-state index is 0.128. The highest BCUT2D eigenvalue weighted by Gasteiger charge is 2.27. The first-order valence-electron chi connectivity index (χ1n) is 9.73. The third kappa shape index (κ3) is 4.11. The van der Waals surface area contributed by atoms with E-state index in [1.54, 1.807) is 28.9 Å². The molecule has 1 aliphatic heterocycles. The third-order valence-electron chi connectivity index (χ3n) is 5.16. The Hall–Kier alpha value is -3.46. The molecule has 9 nitrogen and oxygen atoms in total. The molecule has 156 valence electrons. The van der Waals surface area contributed by atoms with E-state index in [1.165, 1.54) is 10.6 Å². The molecule has 1 aliphatic rings. The summed E-state index contributed by atoms with van der Waals surface area (Å²) in [5.41, 5.74) is 2.11. The van der Waals surface area contributed by atoms with Gasteiger partial charge in [0.05, 0.1) is 24.4 Å². The smallest absolute Gasteiger partial charge is 0.255 e. The van der Waals surface area contributed by atoms with Crippen LogP contribution in [0, 0.1) is 6.92 Å². The molecule has 0 aliphatic carbocycles. The van der Waals surface area contributed by atoms with E-state index in [2.05, 4.69) is 15.4 Å². The predicted molar refractivity (Wildman–Crippen MR) is 112 cm³/mol. The number of carbonyl (C=O) groups is 1. The van der Waals surface area contributed by atoms with Crippen molar-refractivity contribution in [2.75, 3.05) is 25.0 Å². The van der Waals surface area contributed by atoms with Gasteiger partial charge in [0, 0.05) is 44.7 Å². The van der Waals surface area contributed by atoms with Gasteiger partial charge in [0.15, 0.2) is 5.82 Å². The fourth-order valence-electron chi connectivity index (χ4n) is 3.37. The lowest BCUT2D eigenvalue weighted by molar-refractivity contribution is -0.0246. The fourth-order valence-corrected chi connectivity index (χ4v) is 3.37. The van der Waals surface area contributed by atoms with Gasteiger partial charge in [0.25, 0.3) is 5.91 Å². The number of hydrogen-bond donors (Lipinski definition) is 1. The maximum atomic E-state index is 12.9. The molecule has 4 heterocycles. The van der Waals surface area contributed by atoms with Crippen LogP contribution in [-0.2, 0) is 18.8 Å². The Morgan fingerprint density at radius 2 is 2.03 bits per heavy atom. The van der Waals surface area contributed by atoms with Crippen molar-refractivity contribution in [2.24, 2.45) is 14.1 Å². The Balaban J connectivity index is 1.49. The van der Waals surface area contributed by atoms with Crippen LogP contribution < -0.4 is 10.9 Å². The van der Waals surface area contributed by atoms with Crippen molar-refractivity contribution in [1.29, 1.82) is 0 Å². The second-order valence-electron chi connectivity index (χ2n) is 7.34. The number of anilines is 2. The van der Waals surface area contributed by atoms with Crippen molar-refractivity contribution in [2.45, 2.75) is 13.0 Å². The molecule has 30 heavy (non-hydrogen) atoms. The highest BCUT2D eigenvalue weighted by atomic mass is 16.5. The van der Waals surface area contributed by atoms with Gasteiger partial charge in [-0.05, 0) is 25.1 Å². The minimum Gasteiger partial charge on any atom is -0.368 e. The Bertz CT molecular complexity index is 1120. The van der Waals surface area contributed by atoms with E-state index in [0.717, 1.165) is 17.2 Å². The Morgan fingerprint density at radius 1 is 1.20 bits per heavy atom. The lowest BCUT2D eigenvalue weighted by atomic mass is 10.1. The van der Waals surface area contributed by atoms with E-state index in [4.69, 9.17) is 4.74 Å². The number of aryl methyl sites for hydroxylation is 3. The number of carbonyl (C=O) groups excluding carboxylic acids is 1. The largest absolute Gasteiger partial charge is 0.368 e. The predicted octanol–water partition coefficient (Wildman–Crippen LogP) is 1.78. The topological polar surface area (TPSA) is 94.3 Å². The van der Waals surface area contributed by atoms with Crippen LogP contribution in [0.3, 0.4) is 0 Å². The van der Waals surface area contributed by atoms with E-state index in [1.807, 2.05) is 38.2 Å². The molecule has 1 amide bonds. The van der Waals surface area contributed by atoms with E-state index >= 15 is 0 Å². The maximum Gasteiger partial charge on any atom is 0.255 e. The van der Waals surface area contributed by atoms with Gasteiger partial charge in [-0.25, -0.2) is 4.98 Å². The van der Waals surface area contributed by atoms with Crippen molar-refractivity contribution in [3.05, 3.63) is 69.9 Å². The van der Waals surface area contributed by atoms with Crippen LogP contribution in [0.5, 0.6) is 0 Å². The second-order valence-corrected chi connectivity index (χ2v) is 7.34. The standard InChI is InChI=1S/C21H24N6O3/c1-14-11-19(24-26(14)3)23-18-6-4-5-16(22-18)17-13-27(9-10-30-17)21(29)15-7-8-20(28)25(2)12-15/h4-8,11-12,17H,9-10,13H2,1-3H3,(H,22,23,24)/t17-/m1/s1. The molecule has 0 unspecified atom stereocenters. The molecular formula is C21H24N6O3. The number of ether oxygens (including phenoxy) is 1. The lowest BCUT2D eigenvalue weighted by Crippen LogP contribution is -2.42. The van der Waals surface area contributed by atoms with Crippen molar-refractivity contribution in [1.82, 2.24) is 24.2 Å². The first-order chi connectivity index (χ1) is 14.4. The van der Waals surface area contributed by atoms with E-state index in [9.17, 15) is 9.59 Å². The maximum absolute atomic E-state index is 12.9. The summed E-state index contributed by atoms with van der Waals surface area (Å²) in [5, 5.41) is 7.59. The van der Waals surface area contributed by atoms with Crippen molar-refractivity contribution in [3.63, 3.8) is 0 Å². The van der Waals surface area contributed by atoms with Crippen LogP contribution in [0.25, 0.3) is 0 Å². The lowest BCUT2D eigenvalue weighted by Gasteiger charge is -2.32. The van der Waals surface area contributed by atoms with Crippen LogP contribution in [0.1, 0.15) is 27.8 Å². The number of rotatable bonds is 4. The molecule has 1 saturated heterocycles. The molecule has 9 heteroatoms. The zero-order valence-corrected chi connectivity index (χ0v) is 17.2. The van der Waals surface area contributed by atoms with Crippen LogP contribution in [0.4, 0.5) is 11.6 Å². The van der Waals surface area contributed by atoms with Crippen LogP contribution >= 0.6 is 0 Å². The number of nitrogens with one attached hydrogen (secondary N) is 1. The summed E-state index contributed by atoms with van der Waals surface area (Å²) in [7, 11) is 3.52. The summed E-state index contributed by atoms with van der Waals surface area (Å²) in [6.45, 7) is 3.28. The summed E-state index contributed by atoms with van der Waals surface area (Å²) in [6.07, 6.45) is 1.23. The van der Waals surface area contributed by atoms with Gasteiger partial charge < -0.3 is 19.5 Å². The molecule has 0 aromatic carbocycles. The van der Waals surface area contributed by atoms with Gasteiger partial charge in [-0.2, -0.15) is 5.10 Å². The van der Waals surface area contributed by atoms with Gasteiger partial charge in [0.2, 0.25) is 5.56 Å². The van der Waals surface area contributed by atoms with Crippen molar-refractivity contribution in [3.8, 4) is 0 Å². The molecule has 4 rings (SSSR count). The van der Waals surface area contributed by atoms with Gasteiger partial charge >= 0.3 is 0 Å². The molecule has 1 N–H and O–H groups in total. The zero-order chi connectivity index (χ0) is 21.3. The first-order valence-corrected chi connectivity index (χ1v) is 9.73. The monoisotopic (exact) mass is 408 g/mol. The Morgan fingerprint density at radius 3 is 2.77 bits per heavy atom. The van der Waals surface area contributed by atoms with Gasteiger partial charge in [-0.3, -0.25) is 14.3 Å². The number of pyridine rings is 2. The number of aromatic nitrogens is 4. The summed E-state index contributed by atoms with van der Waals surface area (Å²) in [5.74, 6) is 1.25. The number of hydrogen-bond acceptors (Lipinski definition) is 6. The van der Waals surface area contributed by atoms with E-state index < -0.39 is 0 Å². The van der Waals surface area contributed by atoms with E-state index in [-0.39, 0.29) is 17.6 Å².